The first-order valence-corrected chi connectivity index (χ1v) is 13.4. The number of hydrogen-bond donors (Lipinski definition) is 3. The SMILES string of the molecule is CC(CC(O)C(O)C(C)(C)O)C1=C2C=CC3C4(C)CCC(=O)C(C)(C)C4CC(=O)C3(C)C2(C)CC1=O. The zero-order valence-electron chi connectivity index (χ0n) is 23.1. The van der Waals surface area contributed by atoms with Crippen LogP contribution in [-0.4, -0.2) is 50.5 Å². The summed E-state index contributed by atoms with van der Waals surface area (Å²) in [6.45, 7) is 15.0. The number of Topliss-reactive ketones (excluding diaryl/α,β-unsaturated/α-hetero) is 3. The molecule has 0 saturated heterocycles. The van der Waals surface area contributed by atoms with Crippen molar-refractivity contribution in [3.63, 3.8) is 0 Å². The highest BCUT2D eigenvalue weighted by molar-refractivity contribution is 6.03. The average molecular weight is 501 g/mol. The third-order valence-electron chi connectivity index (χ3n) is 11.1. The molecule has 0 aromatic rings. The molecule has 4 aliphatic carbocycles. The van der Waals surface area contributed by atoms with E-state index in [1.807, 2.05) is 40.7 Å². The van der Waals surface area contributed by atoms with E-state index in [-0.39, 0.29) is 53.4 Å². The first-order valence-electron chi connectivity index (χ1n) is 13.4. The highest BCUT2D eigenvalue weighted by Gasteiger charge is 2.70. The van der Waals surface area contributed by atoms with Gasteiger partial charge in [-0.3, -0.25) is 14.4 Å². The minimum absolute atomic E-state index is 0.0179. The maximum Gasteiger partial charge on any atom is 0.160 e. The second-order valence-electron chi connectivity index (χ2n) is 13.9. The average Bonchev–Trinajstić information content (AvgIpc) is 3.03. The first kappa shape index (κ1) is 27.4. The molecule has 4 rings (SSSR count). The van der Waals surface area contributed by atoms with Gasteiger partial charge in [0.15, 0.2) is 5.78 Å². The van der Waals surface area contributed by atoms with Crippen LogP contribution in [0.15, 0.2) is 23.3 Å². The number of aliphatic hydroxyl groups is 3. The molecule has 8 atom stereocenters. The predicted molar refractivity (Wildman–Crippen MR) is 137 cm³/mol. The number of carbonyl (C=O) groups excluding carboxylic acids is 3. The minimum Gasteiger partial charge on any atom is -0.390 e. The van der Waals surface area contributed by atoms with Crippen LogP contribution in [0.2, 0.25) is 0 Å². The summed E-state index contributed by atoms with van der Waals surface area (Å²) >= 11 is 0. The molecule has 6 nitrogen and oxygen atoms in total. The van der Waals surface area contributed by atoms with Crippen LogP contribution in [-0.2, 0) is 14.4 Å². The number of allylic oxidation sites excluding steroid dienone is 4. The maximum atomic E-state index is 14.1. The van der Waals surface area contributed by atoms with E-state index < -0.39 is 34.1 Å². The zero-order chi connectivity index (χ0) is 27.2. The topological polar surface area (TPSA) is 112 Å². The fourth-order valence-corrected chi connectivity index (χ4v) is 8.56. The third-order valence-corrected chi connectivity index (χ3v) is 11.1. The van der Waals surface area contributed by atoms with Gasteiger partial charge in [0.25, 0.3) is 0 Å². The molecule has 0 spiro atoms. The van der Waals surface area contributed by atoms with Gasteiger partial charge in [-0.2, -0.15) is 0 Å². The summed E-state index contributed by atoms with van der Waals surface area (Å²) in [5.74, 6) is -0.129. The van der Waals surface area contributed by atoms with E-state index >= 15 is 0 Å². The van der Waals surface area contributed by atoms with E-state index in [1.165, 1.54) is 13.8 Å². The van der Waals surface area contributed by atoms with Gasteiger partial charge in [0, 0.05) is 41.1 Å². The standard InChI is InChI=1S/C30H44O6/c1-16(13-18(31)25(35)27(4,5)36)24-17-9-10-20-28(6)12-11-22(33)26(2,3)21(28)14-23(34)30(20,8)29(17,7)15-19(24)32/h9-10,16,18,20-21,25,31,35-36H,11-15H2,1-8H3. The maximum absolute atomic E-state index is 14.1. The van der Waals surface area contributed by atoms with Crippen LogP contribution in [0, 0.1) is 39.4 Å². The van der Waals surface area contributed by atoms with Crippen molar-refractivity contribution in [2.75, 3.05) is 0 Å². The molecule has 36 heavy (non-hydrogen) atoms. The van der Waals surface area contributed by atoms with Gasteiger partial charge in [0.1, 0.15) is 17.7 Å². The molecular formula is C30H44O6. The lowest BCUT2D eigenvalue weighted by Gasteiger charge is -2.65. The Balaban J connectivity index is 1.77. The molecule has 4 aliphatic rings. The summed E-state index contributed by atoms with van der Waals surface area (Å²) in [6.07, 6.45) is 3.58. The second kappa shape index (κ2) is 8.18. The summed E-state index contributed by atoms with van der Waals surface area (Å²) in [4.78, 5) is 40.4. The van der Waals surface area contributed by atoms with Gasteiger partial charge in [-0.15, -0.1) is 0 Å². The van der Waals surface area contributed by atoms with Crippen molar-refractivity contribution in [3.8, 4) is 0 Å². The van der Waals surface area contributed by atoms with Crippen LogP contribution < -0.4 is 0 Å². The highest BCUT2D eigenvalue weighted by atomic mass is 16.4. The summed E-state index contributed by atoms with van der Waals surface area (Å²) < 4.78 is 0. The molecule has 0 aliphatic heterocycles. The van der Waals surface area contributed by atoms with Crippen LogP contribution >= 0.6 is 0 Å². The van der Waals surface area contributed by atoms with E-state index in [1.54, 1.807) is 0 Å². The van der Waals surface area contributed by atoms with Crippen LogP contribution in [0.25, 0.3) is 0 Å². The molecule has 2 saturated carbocycles. The lowest BCUT2D eigenvalue weighted by atomic mass is 9.37. The molecule has 0 radical (unpaired) electrons. The summed E-state index contributed by atoms with van der Waals surface area (Å²) in [5, 5.41) is 31.1. The van der Waals surface area contributed by atoms with Crippen LogP contribution in [0.4, 0.5) is 0 Å². The smallest absolute Gasteiger partial charge is 0.160 e. The van der Waals surface area contributed by atoms with E-state index in [9.17, 15) is 29.7 Å². The number of fused-ring (bicyclic) bond motifs is 5. The number of rotatable bonds is 5. The van der Waals surface area contributed by atoms with E-state index in [0.717, 1.165) is 12.0 Å². The number of ketones is 3. The van der Waals surface area contributed by atoms with Crippen molar-refractivity contribution in [1.82, 2.24) is 0 Å². The normalized spacial score (nSPS) is 40.5. The Labute approximate surface area is 215 Å². The van der Waals surface area contributed by atoms with E-state index in [4.69, 9.17) is 0 Å². The summed E-state index contributed by atoms with van der Waals surface area (Å²) in [6, 6.07) is 0. The number of aliphatic hydroxyl groups excluding tert-OH is 2. The molecule has 200 valence electrons. The van der Waals surface area contributed by atoms with Crippen LogP contribution in [0.5, 0.6) is 0 Å². The fraction of sp³-hybridized carbons (Fsp3) is 0.767. The van der Waals surface area contributed by atoms with Crippen LogP contribution in [0.1, 0.15) is 87.5 Å². The van der Waals surface area contributed by atoms with E-state index in [0.29, 0.717) is 18.4 Å². The van der Waals surface area contributed by atoms with Gasteiger partial charge in [0.2, 0.25) is 0 Å². The molecule has 0 amide bonds. The second-order valence-corrected chi connectivity index (χ2v) is 13.9. The van der Waals surface area contributed by atoms with Crippen molar-refractivity contribution in [2.45, 2.75) is 105 Å². The number of carbonyl (C=O) groups is 3. The van der Waals surface area contributed by atoms with Crippen molar-refractivity contribution in [3.05, 3.63) is 23.3 Å². The number of hydrogen-bond acceptors (Lipinski definition) is 6. The van der Waals surface area contributed by atoms with E-state index in [2.05, 4.69) is 13.0 Å². The largest absolute Gasteiger partial charge is 0.390 e. The third kappa shape index (κ3) is 3.50. The Morgan fingerprint density at radius 1 is 1.06 bits per heavy atom. The van der Waals surface area contributed by atoms with Gasteiger partial charge < -0.3 is 15.3 Å². The molecule has 6 heteroatoms. The Hall–Kier alpha value is -1.63. The zero-order valence-corrected chi connectivity index (χ0v) is 23.1. The fourth-order valence-electron chi connectivity index (χ4n) is 8.56. The van der Waals surface area contributed by atoms with Gasteiger partial charge in [-0.25, -0.2) is 0 Å². The monoisotopic (exact) mass is 500 g/mol. The molecule has 0 aromatic heterocycles. The van der Waals surface area contributed by atoms with Gasteiger partial charge >= 0.3 is 0 Å². The molecule has 8 unspecified atom stereocenters. The Kier molecular flexibility index (Phi) is 6.23. The Bertz CT molecular complexity index is 1060. The van der Waals surface area contributed by atoms with Gasteiger partial charge in [-0.05, 0) is 55.4 Å². The molecule has 0 aromatic carbocycles. The van der Waals surface area contributed by atoms with Crippen LogP contribution in [0.3, 0.4) is 0 Å². The highest BCUT2D eigenvalue weighted by Crippen LogP contribution is 2.71. The van der Waals surface area contributed by atoms with Crippen molar-refractivity contribution in [1.29, 1.82) is 0 Å². The minimum atomic E-state index is -1.47. The Morgan fingerprint density at radius 2 is 1.67 bits per heavy atom. The van der Waals surface area contributed by atoms with Crippen molar-refractivity contribution >= 4 is 17.3 Å². The summed E-state index contributed by atoms with van der Waals surface area (Å²) in [5.41, 5.74) is -2.22. The van der Waals surface area contributed by atoms with Gasteiger partial charge in [0.05, 0.1) is 11.7 Å². The Morgan fingerprint density at radius 3 is 2.25 bits per heavy atom. The molecule has 0 bridgehead atoms. The lowest BCUT2D eigenvalue weighted by Crippen LogP contribution is -2.64. The molecule has 3 N–H and O–H groups in total. The molecule has 0 heterocycles. The predicted octanol–water partition coefficient (Wildman–Crippen LogP) is 3.96. The molecule has 2 fully saturated rings. The summed E-state index contributed by atoms with van der Waals surface area (Å²) in [7, 11) is 0. The first-order chi connectivity index (χ1) is 16.3. The molecular weight excluding hydrogens is 456 g/mol. The quantitative estimate of drug-likeness (QED) is 0.527. The van der Waals surface area contributed by atoms with Crippen molar-refractivity contribution < 1.29 is 29.7 Å². The van der Waals surface area contributed by atoms with Gasteiger partial charge in [-0.1, -0.05) is 53.7 Å². The van der Waals surface area contributed by atoms with Crippen molar-refractivity contribution in [2.24, 2.45) is 39.4 Å². The lowest BCUT2D eigenvalue weighted by molar-refractivity contribution is -0.175.